The van der Waals surface area contributed by atoms with Crippen molar-refractivity contribution in [3.05, 3.63) is 131 Å². The summed E-state index contributed by atoms with van der Waals surface area (Å²) in [6.45, 7) is 1.46. The monoisotopic (exact) mass is 623 g/mol. The van der Waals surface area contributed by atoms with Crippen LogP contribution in [0, 0.1) is 0 Å². The lowest BCUT2D eigenvalue weighted by Gasteiger charge is -2.31. The van der Waals surface area contributed by atoms with Gasteiger partial charge in [-0.1, -0.05) is 83.9 Å². The highest BCUT2D eigenvalue weighted by Gasteiger charge is 2.33. The fourth-order valence-corrected chi connectivity index (χ4v) is 5.76. The molecule has 1 unspecified atom stereocenters. The predicted octanol–water partition coefficient (Wildman–Crippen LogP) is 4.91. The summed E-state index contributed by atoms with van der Waals surface area (Å²) in [6.07, 6.45) is 13.8. The highest BCUT2D eigenvalue weighted by molar-refractivity contribution is 6.30. The van der Waals surface area contributed by atoms with Gasteiger partial charge in [0.25, 0.3) is 5.91 Å². The molecule has 9 heteroatoms. The van der Waals surface area contributed by atoms with Gasteiger partial charge < -0.3 is 15.5 Å². The Bertz CT molecular complexity index is 1540. The van der Waals surface area contributed by atoms with Crippen molar-refractivity contribution in [2.45, 2.75) is 37.3 Å². The third kappa shape index (κ3) is 9.23. The molecule has 8 nitrogen and oxygen atoms in total. The second-order valence-electron chi connectivity index (χ2n) is 11.2. The van der Waals surface area contributed by atoms with E-state index in [-0.39, 0.29) is 41.9 Å². The minimum Gasteiger partial charge on any atom is -0.351 e. The molecule has 0 bridgehead atoms. The molecule has 0 radical (unpaired) electrons. The van der Waals surface area contributed by atoms with E-state index in [0.717, 1.165) is 18.4 Å². The van der Waals surface area contributed by atoms with Crippen LogP contribution in [0.4, 0.5) is 0 Å². The SMILES string of the molecule is O=C(/C=C/c1ccc(Cl)cc1)NC[C@@H]1CCN(CC(C2=CC=CCC2)c2ccccc2)C(=O)[C@H](CNC(=O)c2ccccn2)N1. The van der Waals surface area contributed by atoms with Gasteiger partial charge in [0.05, 0.1) is 0 Å². The fourth-order valence-electron chi connectivity index (χ4n) is 5.63. The standard InChI is InChI=1S/C36H38ClN5O3/c37-29-17-14-26(15-18-29)16-19-34(43)39-23-30-20-22-42(25-31(27-9-3-1-4-10-27)28-11-5-2-6-12-28)36(45)33(41-30)24-40-35(44)32-13-7-8-21-38-32/h1-5,7-11,13-19,21,30-31,33,41H,6,12,20,22-25H2,(H,39,43)(H,40,44)/b19-16+/t30-,31?,33-/m0/s1. The van der Waals surface area contributed by atoms with Crippen molar-refractivity contribution in [2.24, 2.45) is 0 Å². The first kappa shape index (κ1) is 31.9. The van der Waals surface area contributed by atoms with Gasteiger partial charge in [-0.15, -0.1) is 0 Å². The molecule has 3 atom stereocenters. The smallest absolute Gasteiger partial charge is 0.269 e. The van der Waals surface area contributed by atoms with Crippen LogP contribution < -0.4 is 16.0 Å². The molecule has 5 rings (SSSR count). The van der Waals surface area contributed by atoms with Gasteiger partial charge in [-0.2, -0.15) is 0 Å². The first-order chi connectivity index (χ1) is 22.0. The van der Waals surface area contributed by atoms with Crippen LogP contribution in [-0.4, -0.2) is 65.9 Å². The molecule has 45 heavy (non-hydrogen) atoms. The van der Waals surface area contributed by atoms with Crippen LogP contribution in [-0.2, 0) is 9.59 Å². The van der Waals surface area contributed by atoms with E-state index in [0.29, 0.717) is 31.1 Å². The van der Waals surface area contributed by atoms with Crippen molar-refractivity contribution in [1.82, 2.24) is 25.8 Å². The predicted molar refractivity (Wildman–Crippen MR) is 178 cm³/mol. The molecule has 3 amide bonds. The summed E-state index contributed by atoms with van der Waals surface area (Å²) in [5, 5.41) is 9.90. The Morgan fingerprint density at radius 3 is 2.56 bits per heavy atom. The van der Waals surface area contributed by atoms with Gasteiger partial charge in [-0.3, -0.25) is 24.7 Å². The number of nitrogens with zero attached hydrogens (tertiary/aromatic N) is 2. The van der Waals surface area contributed by atoms with Crippen molar-refractivity contribution in [1.29, 1.82) is 0 Å². The Balaban J connectivity index is 1.30. The Hall–Kier alpha value is -4.53. The molecule has 1 saturated heterocycles. The molecule has 2 heterocycles. The van der Waals surface area contributed by atoms with Crippen LogP contribution in [0.25, 0.3) is 6.08 Å². The van der Waals surface area contributed by atoms with E-state index in [1.54, 1.807) is 42.6 Å². The van der Waals surface area contributed by atoms with E-state index < -0.39 is 6.04 Å². The molecule has 2 aliphatic rings. The first-order valence-corrected chi connectivity index (χ1v) is 15.7. The van der Waals surface area contributed by atoms with Crippen LogP contribution >= 0.6 is 11.6 Å². The van der Waals surface area contributed by atoms with Crippen molar-refractivity contribution < 1.29 is 14.4 Å². The third-order valence-corrected chi connectivity index (χ3v) is 8.33. The number of allylic oxidation sites excluding steroid dienone is 3. The molecular formula is C36H38ClN5O3. The number of hydrogen-bond donors (Lipinski definition) is 3. The number of aromatic nitrogens is 1. The van der Waals surface area contributed by atoms with E-state index in [4.69, 9.17) is 11.6 Å². The first-order valence-electron chi connectivity index (χ1n) is 15.3. The van der Waals surface area contributed by atoms with Gasteiger partial charge in [0.15, 0.2) is 0 Å². The average Bonchev–Trinajstić information content (AvgIpc) is 3.23. The zero-order valence-electron chi connectivity index (χ0n) is 25.1. The number of carbonyl (C=O) groups is 3. The van der Waals surface area contributed by atoms with Crippen LogP contribution in [0.1, 0.15) is 46.8 Å². The third-order valence-electron chi connectivity index (χ3n) is 8.08. The van der Waals surface area contributed by atoms with Gasteiger partial charge in [-0.25, -0.2) is 0 Å². The number of rotatable bonds is 11. The molecule has 0 saturated carbocycles. The minimum atomic E-state index is -0.677. The summed E-state index contributed by atoms with van der Waals surface area (Å²) < 4.78 is 0. The summed E-state index contributed by atoms with van der Waals surface area (Å²) in [5.41, 5.74) is 3.61. The highest BCUT2D eigenvalue weighted by atomic mass is 35.5. The molecule has 1 aliphatic heterocycles. The maximum atomic E-state index is 14.1. The molecule has 232 valence electrons. The van der Waals surface area contributed by atoms with Crippen molar-refractivity contribution >= 4 is 35.4 Å². The van der Waals surface area contributed by atoms with E-state index in [1.807, 2.05) is 35.2 Å². The molecule has 1 aromatic heterocycles. The molecule has 3 aromatic rings. The number of nitrogens with one attached hydrogen (secondary N) is 3. The van der Waals surface area contributed by atoms with Crippen LogP contribution in [0.2, 0.25) is 5.02 Å². The Kier molecular flexibility index (Phi) is 11.3. The number of hydrogen-bond acceptors (Lipinski definition) is 5. The van der Waals surface area contributed by atoms with Crippen LogP contribution in [0.3, 0.4) is 0 Å². The zero-order valence-corrected chi connectivity index (χ0v) is 25.8. The van der Waals surface area contributed by atoms with Crippen LogP contribution in [0.5, 0.6) is 0 Å². The summed E-state index contributed by atoms with van der Waals surface area (Å²) in [4.78, 5) is 45.6. The fraction of sp³-hybridized carbons (Fsp3) is 0.278. The lowest BCUT2D eigenvalue weighted by Crippen LogP contribution is -2.54. The normalized spacial score (nSPS) is 19.1. The molecule has 2 aromatic carbocycles. The number of halogens is 1. The molecule has 3 N–H and O–H groups in total. The van der Waals surface area contributed by atoms with Crippen LogP contribution in [0.15, 0.2) is 109 Å². The van der Waals surface area contributed by atoms with Crippen molar-refractivity contribution in [2.75, 3.05) is 26.2 Å². The van der Waals surface area contributed by atoms with Crippen molar-refractivity contribution in [3.8, 4) is 0 Å². The maximum Gasteiger partial charge on any atom is 0.269 e. The second-order valence-corrected chi connectivity index (χ2v) is 11.7. The molecule has 0 spiro atoms. The Morgan fingerprint density at radius 1 is 1.02 bits per heavy atom. The number of carbonyl (C=O) groups excluding carboxylic acids is 3. The summed E-state index contributed by atoms with van der Waals surface area (Å²) in [6, 6.07) is 21.8. The summed E-state index contributed by atoms with van der Waals surface area (Å²) in [7, 11) is 0. The quantitative estimate of drug-likeness (QED) is 0.263. The largest absolute Gasteiger partial charge is 0.351 e. The van der Waals surface area contributed by atoms with E-state index >= 15 is 0 Å². The molecule has 1 aliphatic carbocycles. The maximum absolute atomic E-state index is 14.1. The summed E-state index contributed by atoms with van der Waals surface area (Å²) >= 11 is 5.96. The van der Waals surface area contributed by atoms with Crippen molar-refractivity contribution in [3.63, 3.8) is 0 Å². The van der Waals surface area contributed by atoms with E-state index in [1.165, 1.54) is 17.2 Å². The van der Waals surface area contributed by atoms with Gasteiger partial charge >= 0.3 is 0 Å². The van der Waals surface area contributed by atoms with Gasteiger partial charge in [0, 0.05) is 55.4 Å². The molecule has 1 fully saturated rings. The van der Waals surface area contributed by atoms with E-state index in [9.17, 15) is 14.4 Å². The number of pyridine rings is 1. The number of benzene rings is 2. The molecular weight excluding hydrogens is 586 g/mol. The van der Waals surface area contributed by atoms with Gasteiger partial charge in [0.2, 0.25) is 11.8 Å². The lowest BCUT2D eigenvalue weighted by atomic mass is 9.86. The van der Waals surface area contributed by atoms with E-state index in [2.05, 4.69) is 51.3 Å². The Labute approximate surface area is 269 Å². The number of amides is 3. The van der Waals surface area contributed by atoms with Gasteiger partial charge in [0.1, 0.15) is 11.7 Å². The second kappa shape index (κ2) is 16.0. The Morgan fingerprint density at radius 2 is 1.82 bits per heavy atom. The highest BCUT2D eigenvalue weighted by Crippen LogP contribution is 2.31. The lowest BCUT2D eigenvalue weighted by molar-refractivity contribution is -0.132. The average molecular weight is 624 g/mol. The zero-order chi connectivity index (χ0) is 31.4. The minimum absolute atomic E-state index is 0.0538. The topological polar surface area (TPSA) is 103 Å². The van der Waals surface area contributed by atoms with Gasteiger partial charge in [-0.05, 0) is 60.7 Å². The summed E-state index contributed by atoms with van der Waals surface area (Å²) in [5.74, 6) is -0.612.